The van der Waals surface area contributed by atoms with Crippen molar-refractivity contribution >= 4 is 5.97 Å². The van der Waals surface area contributed by atoms with Crippen molar-refractivity contribution in [2.75, 3.05) is 13.7 Å². The lowest BCUT2D eigenvalue weighted by Gasteiger charge is -2.06. The first-order valence-electron chi connectivity index (χ1n) is 6.38. The molecule has 0 N–H and O–H groups in total. The largest absolute Gasteiger partial charge is 0.465 e. The molecule has 0 atom stereocenters. The molecular formula is C15H22O3. The molecule has 0 aliphatic heterocycles. The summed E-state index contributed by atoms with van der Waals surface area (Å²) in [6.07, 6.45) is 2.29. The summed E-state index contributed by atoms with van der Waals surface area (Å²) in [5.41, 5.74) is 1.65. The van der Waals surface area contributed by atoms with E-state index < -0.39 is 0 Å². The van der Waals surface area contributed by atoms with Gasteiger partial charge in [-0.25, -0.2) is 4.79 Å². The Morgan fingerprint density at radius 2 is 1.89 bits per heavy atom. The Morgan fingerprint density at radius 1 is 1.22 bits per heavy atom. The van der Waals surface area contributed by atoms with Crippen LogP contribution in [0, 0.1) is 5.92 Å². The third kappa shape index (κ3) is 5.32. The maximum Gasteiger partial charge on any atom is 0.337 e. The summed E-state index contributed by atoms with van der Waals surface area (Å²) in [6, 6.07) is 7.32. The van der Waals surface area contributed by atoms with E-state index in [-0.39, 0.29) is 5.97 Å². The van der Waals surface area contributed by atoms with Gasteiger partial charge in [-0.1, -0.05) is 26.0 Å². The predicted octanol–water partition coefficient (Wildman–Crippen LogP) is 3.43. The van der Waals surface area contributed by atoms with E-state index in [0.717, 1.165) is 24.5 Å². The van der Waals surface area contributed by atoms with Crippen LogP contribution < -0.4 is 0 Å². The molecule has 0 spiro atoms. The molecule has 18 heavy (non-hydrogen) atoms. The molecule has 0 fully saturated rings. The maximum absolute atomic E-state index is 11.2. The minimum atomic E-state index is -0.306. The van der Waals surface area contributed by atoms with Crippen LogP contribution in [0.5, 0.6) is 0 Å². The third-order valence-electron chi connectivity index (χ3n) is 2.71. The topological polar surface area (TPSA) is 35.5 Å². The Balaban J connectivity index is 2.29. The first-order valence-corrected chi connectivity index (χ1v) is 6.38. The van der Waals surface area contributed by atoms with Gasteiger partial charge in [0, 0.05) is 6.61 Å². The van der Waals surface area contributed by atoms with E-state index in [1.54, 1.807) is 12.1 Å². The molecule has 0 aliphatic rings. The van der Waals surface area contributed by atoms with Gasteiger partial charge in [0.1, 0.15) is 0 Å². The van der Waals surface area contributed by atoms with Gasteiger partial charge in [0.05, 0.1) is 19.3 Å². The molecule has 0 aliphatic carbocycles. The van der Waals surface area contributed by atoms with Crippen molar-refractivity contribution in [3.05, 3.63) is 35.4 Å². The van der Waals surface area contributed by atoms with E-state index in [2.05, 4.69) is 18.6 Å². The first-order chi connectivity index (χ1) is 8.63. The molecule has 3 heteroatoms. The minimum Gasteiger partial charge on any atom is -0.465 e. The SMILES string of the molecule is COC(=O)c1ccc(COCCCC(C)C)cc1. The molecule has 0 aromatic heterocycles. The van der Waals surface area contributed by atoms with E-state index in [1.807, 2.05) is 12.1 Å². The average molecular weight is 250 g/mol. The summed E-state index contributed by atoms with van der Waals surface area (Å²) >= 11 is 0. The van der Waals surface area contributed by atoms with Crippen LogP contribution >= 0.6 is 0 Å². The van der Waals surface area contributed by atoms with Crippen molar-refractivity contribution < 1.29 is 14.3 Å². The molecule has 0 radical (unpaired) electrons. The normalized spacial score (nSPS) is 10.7. The van der Waals surface area contributed by atoms with Crippen molar-refractivity contribution in [2.45, 2.75) is 33.3 Å². The highest BCUT2D eigenvalue weighted by atomic mass is 16.5. The monoisotopic (exact) mass is 250 g/mol. The molecule has 0 bridgehead atoms. The zero-order valence-corrected chi connectivity index (χ0v) is 11.4. The molecular weight excluding hydrogens is 228 g/mol. The van der Waals surface area contributed by atoms with Crippen molar-refractivity contribution in [3.63, 3.8) is 0 Å². The van der Waals surface area contributed by atoms with Gasteiger partial charge in [-0.2, -0.15) is 0 Å². The highest BCUT2D eigenvalue weighted by Crippen LogP contribution is 2.08. The summed E-state index contributed by atoms with van der Waals surface area (Å²) in [5.74, 6) is 0.423. The Bertz CT molecular complexity index is 355. The standard InChI is InChI=1S/C15H22O3/c1-12(2)5-4-10-18-11-13-6-8-14(9-7-13)15(16)17-3/h6-9,12H,4-5,10-11H2,1-3H3. The molecule has 1 aromatic carbocycles. The fourth-order valence-electron chi connectivity index (χ4n) is 1.64. The molecule has 0 unspecified atom stereocenters. The van der Waals surface area contributed by atoms with Crippen LogP contribution in [0.15, 0.2) is 24.3 Å². The lowest BCUT2D eigenvalue weighted by Crippen LogP contribution is -2.02. The molecule has 1 aromatic rings. The number of carbonyl (C=O) groups is 1. The van der Waals surface area contributed by atoms with Gasteiger partial charge in [0.2, 0.25) is 0 Å². The van der Waals surface area contributed by atoms with E-state index in [4.69, 9.17) is 4.74 Å². The number of carbonyl (C=O) groups excluding carboxylic acids is 1. The van der Waals surface area contributed by atoms with Gasteiger partial charge in [-0.15, -0.1) is 0 Å². The summed E-state index contributed by atoms with van der Waals surface area (Å²) in [4.78, 5) is 11.2. The second-order valence-corrected chi connectivity index (χ2v) is 4.78. The molecule has 0 saturated carbocycles. The van der Waals surface area contributed by atoms with Crippen LogP contribution in [-0.4, -0.2) is 19.7 Å². The molecule has 0 heterocycles. The lowest BCUT2D eigenvalue weighted by molar-refractivity contribution is 0.0600. The smallest absolute Gasteiger partial charge is 0.337 e. The van der Waals surface area contributed by atoms with Gasteiger partial charge in [0.15, 0.2) is 0 Å². The Hall–Kier alpha value is -1.35. The van der Waals surface area contributed by atoms with Gasteiger partial charge < -0.3 is 9.47 Å². The van der Waals surface area contributed by atoms with Gasteiger partial charge in [-0.05, 0) is 36.5 Å². The van der Waals surface area contributed by atoms with Crippen molar-refractivity contribution in [3.8, 4) is 0 Å². The van der Waals surface area contributed by atoms with E-state index in [9.17, 15) is 4.79 Å². The van der Waals surface area contributed by atoms with Crippen LogP contribution in [-0.2, 0) is 16.1 Å². The van der Waals surface area contributed by atoms with Gasteiger partial charge in [0.25, 0.3) is 0 Å². The second kappa shape index (κ2) is 7.88. The fourth-order valence-corrected chi connectivity index (χ4v) is 1.64. The van der Waals surface area contributed by atoms with E-state index in [1.165, 1.54) is 13.5 Å². The van der Waals surface area contributed by atoms with Crippen LogP contribution in [0.2, 0.25) is 0 Å². The zero-order valence-electron chi connectivity index (χ0n) is 11.4. The Kier molecular flexibility index (Phi) is 6.44. The third-order valence-corrected chi connectivity index (χ3v) is 2.71. The first kappa shape index (κ1) is 14.7. The van der Waals surface area contributed by atoms with Crippen LogP contribution in [0.1, 0.15) is 42.6 Å². The van der Waals surface area contributed by atoms with Crippen molar-refractivity contribution in [1.29, 1.82) is 0 Å². The quantitative estimate of drug-likeness (QED) is 0.549. The Labute approximate surface area is 109 Å². The van der Waals surface area contributed by atoms with E-state index in [0.29, 0.717) is 12.2 Å². The summed E-state index contributed by atoms with van der Waals surface area (Å²) in [7, 11) is 1.38. The molecule has 3 nitrogen and oxygen atoms in total. The number of esters is 1. The molecule has 1 rings (SSSR count). The molecule has 0 saturated heterocycles. The Morgan fingerprint density at radius 3 is 2.44 bits per heavy atom. The molecule has 0 amide bonds. The van der Waals surface area contributed by atoms with Crippen LogP contribution in [0.25, 0.3) is 0 Å². The zero-order chi connectivity index (χ0) is 13.4. The fraction of sp³-hybridized carbons (Fsp3) is 0.533. The number of methoxy groups -OCH3 is 1. The summed E-state index contributed by atoms with van der Waals surface area (Å²) in [6.45, 7) is 5.81. The highest BCUT2D eigenvalue weighted by Gasteiger charge is 2.04. The number of rotatable bonds is 7. The predicted molar refractivity (Wildman–Crippen MR) is 71.5 cm³/mol. The number of hydrogen-bond acceptors (Lipinski definition) is 3. The maximum atomic E-state index is 11.2. The average Bonchev–Trinajstić information content (AvgIpc) is 2.38. The summed E-state index contributed by atoms with van der Waals surface area (Å²) in [5, 5.41) is 0. The summed E-state index contributed by atoms with van der Waals surface area (Å²) < 4.78 is 10.2. The number of benzene rings is 1. The van der Waals surface area contributed by atoms with Gasteiger partial charge >= 0.3 is 5.97 Å². The van der Waals surface area contributed by atoms with Crippen molar-refractivity contribution in [1.82, 2.24) is 0 Å². The number of hydrogen-bond donors (Lipinski definition) is 0. The van der Waals surface area contributed by atoms with Crippen LogP contribution in [0.4, 0.5) is 0 Å². The lowest BCUT2D eigenvalue weighted by atomic mass is 10.1. The van der Waals surface area contributed by atoms with Gasteiger partial charge in [-0.3, -0.25) is 0 Å². The number of ether oxygens (including phenoxy) is 2. The van der Waals surface area contributed by atoms with Crippen molar-refractivity contribution in [2.24, 2.45) is 5.92 Å². The van der Waals surface area contributed by atoms with E-state index >= 15 is 0 Å². The molecule has 100 valence electrons. The second-order valence-electron chi connectivity index (χ2n) is 4.78. The highest BCUT2D eigenvalue weighted by molar-refractivity contribution is 5.89. The minimum absolute atomic E-state index is 0.306. The van der Waals surface area contributed by atoms with Crippen LogP contribution in [0.3, 0.4) is 0 Å².